The number of aliphatic carboxylic acids is 1. The first-order valence-electron chi connectivity index (χ1n) is 3.14. The van der Waals surface area contributed by atoms with Crippen molar-refractivity contribution < 1.29 is 9.90 Å². The molecular formula is C6H12NO2S-. The van der Waals surface area contributed by atoms with Gasteiger partial charge in [0.25, 0.3) is 0 Å². The Kier molecular flexibility index (Phi) is 5.43. The third-order valence-corrected chi connectivity index (χ3v) is 1.86. The summed E-state index contributed by atoms with van der Waals surface area (Å²) in [6.45, 7) is 0. The molecular weight excluding hydrogens is 150 g/mol. The van der Waals surface area contributed by atoms with E-state index in [2.05, 4.69) is 0 Å². The summed E-state index contributed by atoms with van der Waals surface area (Å²) in [6, 6.07) is -0.785. The summed E-state index contributed by atoms with van der Waals surface area (Å²) in [5.41, 5.74) is 5.19. The first kappa shape index (κ1) is 9.78. The third-order valence-electron chi connectivity index (χ3n) is 1.17. The monoisotopic (exact) mass is 162 g/mol. The van der Waals surface area contributed by atoms with E-state index < -0.39 is 12.0 Å². The van der Waals surface area contributed by atoms with E-state index >= 15 is 0 Å². The van der Waals surface area contributed by atoms with Crippen LogP contribution in [0.2, 0.25) is 0 Å². The number of nitrogens with two attached hydrogens (primary N) is 1. The molecule has 0 aliphatic heterocycles. The van der Waals surface area contributed by atoms with Crippen LogP contribution >= 0.6 is 11.8 Å². The molecule has 0 saturated carbocycles. The van der Waals surface area contributed by atoms with Crippen LogP contribution in [0.3, 0.4) is 0 Å². The Morgan fingerprint density at radius 2 is 2.40 bits per heavy atom. The van der Waals surface area contributed by atoms with Crippen molar-refractivity contribution in [2.75, 3.05) is 12.0 Å². The highest BCUT2D eigenvalue weighted by Gasteiger charge is 2.00. The minimum Gasteiger partial charge on any atom is -0.548 e. The second-order valence-corrected chi connectivity index (χ2v) is 3.05. The number of hydrogen-bond donors (Lipinski definition) is 1. The van der Waals surface area contributed by atoms with Gasteiger partial charge in [-0.1, -0.05) is 0 Å². The van der Waals surface area contributed by atoms with Crippen LogP contribution in [0, 0.1) is 0 Å². The first-order valence-corrected chi connectivity index (χ1v) is 4.53. The van der Waals surface area contributed by atoms with E-state index in [1.165, 1.54) is 0 Å². The lowest BCUT2D eigenvalue weighted by molar-refractivity contribution is -0.307. The van der Waals surface area contributed by atoms with Gasteiger partial charge < -0.3 is 15.6 Å². The zero-order valence-electron chi connectivity index (χ0n) is 6.00. The molecule has 1 atom stereocenters. The first-order chi connectivity index (χ1) is 4.68. The summed E-state index contributed by atoms with van der Waals surface area (Å²) in [5, 5.41) is 10.1. The molecule has 2 N–H and O–H groups in total. The molecule has 60 valence electrons. The van der Waals surface area contributed by atoms with Crippen LogP contribution < -0.4 is 10.8 Å². The molecule has 0 fully saturated rings. The van der Waals surface area contributed by atoms with Crippen molar-refractivity contribution >= 4 is 17.7 Å². The fraction of sp³-hybridized carbons (Fsp3) is 0.833. The molecule has 0 rings (SSSR count). The number of carbonyl (C=O) groups is 1. The lowest BCUT2D eigenvalue weighted by Crippen LogP contribution is -2.41. The van der Waals surface area contributed by atoms with Crippen LogP contribution in [0.4, 0.5) is 0 Å². The Hall–Kier alpha value is -0.220. The molecule has 0 aromatic rings. The number of thioether (sulfide) groups is 1. The number of carboxylic acid groups (broad SMARTS) is 1. The summed E-state index contributed by atoms with van der Waals surface area (Å²) in [7, 11) is 0. The van der Waals surface area contributed by atoms with Crippen molar-refractivity contribution in [3.63, 3.8) is 0 Å². The molecule has 0 spiro atoms. The van der Waals surface area contributed by atoms with E-state index in [9.17, 15) is 9.90 Å². The molecule has 3 nitrogen and oxygen atoms in total. The molecule has 4 heteroatoms. The van der Waals surface area contributed by atoms with Gasteiger partial charge in [-0.05, 0) is 24.9 Å². The molecule has 0 heterocycles. The van der Waals surface area contributed by atoms with Gasteiger partial charge in [0.2, 0.25) is 0 Å². The molecule has 0 aliphatic carbocycles. The van der Waals surface area contributed by atoms with E-state index in [1.54, 1.807) is 11.8 Å². The maximum atomic E-state index is 10.1. The number of rotatable bonds is 5. The molecule has 10 heavy (non-hydrogen) atoms. The Morgan fingerprint density at radius 3 is 2.80 bits per heavy atom. The van der Waals surface area contributed by atoms with Gasteiger partial charge in [0.05, 0.1) is 5.97 Å². The van der Waals surface area contributed by atoms with Crippen molar-refractivity contribution in [3.8, 4) is 0 Å². The second-order valence-electron chi connectivity index (χ2n) is 2.06. The van der Waals surface area contributed by atoms with E-state index in [-0.39, 0.29) is 0 Å². The summed E-state index contributed by atoms with van der Waals surface area (Å²) < 4.78 is 0. The highest BCUT2D eigenvalue weighted by Crippen LogP contribution is 2.00. The zero-order valence-corrected chi connectivity index (χ0v) is 6.82. The Morgan fingerprint density at radius 1 is 1.80 bits per heavy atom. The van der Waals surface area contributed by atoms with Gasteiger partial charge in [-0.3, -0.25) is 0 Å². The fourth-order valence-electron chi connectivity index (χ4n) is 0.565. The van der Waals surface area contributed by atoms with Gasteiger partial charge in [-0.15, -0.1) is 0 Å². The van der Waals surface area contributed by atoms with E-state index in [0.29, 0.717) is 6.42 Å². The zero-order chi connectivity index (χ0) is 7.98. The van der Waals surface area contributed by atoms with Crippen molar-refractivity contribution in [1.29, 1.82) is 0 Å². The Bertz CT molecular complexity index is 108. The van der Waals surface area contributed by atoms with E-state index in [1.807, 2.05) is 6.26 Å². The highest BCUT2D eigenvalue weighted by atomic mass is 32.2. The van der Waals surface area contributed by atoms with Gasteiger partial charge in [-0.25, -0.2) is 0 Å². The van der Waals surface area contributed by atoms with Crippen LogP contribution in [0.5, 0.6) is 0 Å². The molecule has 0 aromatic carbocycles. The molecule has 0 radical (unpaired) electrons. The maximum Gasteiger partial charge on any atom is 0.0582 e. The van der Waals surface area contributed by atoms with Crippen LogP contribution in [0.1, 0.15) is 12.8 Å². The van der Waals surface area contributed by atoms with Crippen LogP contribution in [-0.4, -0.2) is 24.0 Å². The molecule has 0 amide bonds. The van der Waals surface area contributed by atoms with Gasteiger partial charge >= 0.3 is 0 Å². The van der Waals surface area contributed by atoms with Crippen molar-refractivity contribution in [1.82, 2.24) is 0 Å². The van der Waals surface area contributed by atoms with Crippen LogP contribution in [0.25, 0.3) is 0 Å². The SMILES string of the molecule is CSCCCC(N)C(=O)[O-]. The van der Waals surface area contributed by atoms with Crippen molar-refractivity contribution in [2.24, 2.45) is 5.73 Å². The molecule has 1 unspecified atom stereocenters. The highest BCUT2D eigenvalue weighted by molar-refractivity contribution is 7.98. The number of hydrogen-bond acceptors (Lipinski definition) is 4. The minimum atomic E-state index is -1.15. The van der Waals surface area contributed by atoms with Crippen molar-refractivity contribution in [3.05, 3.63) is 0 Å². The quantitative estimate of drug-likeness (QED) is 0.538. The number of carboxylic acids is 1. The largest absolute Gasteiger partial charge is 0.548 e. The second kappa shape index (κ2) is 5.56. The standard InChI is InChI=1S/C6H13NO2S/c1-10-4-2-3-5(7)6(8)9/h5H,2-4,7H2,1H3,(H,8,9)/p-1. The summed E-state index contributed by atoms with van der Waals surface area (Å²) in [5.74, 6) is -0.192. The van der Waals surface area contributed by atoms with E-state index in [4.69, 9.17) is 5.73 Å². The third kappa shape index (κ3) is 4.64. The summed E-state index contributed by atoms with van der Waals surface area (Å²) in [6.07, 6.45) is 3.34. The van der Waals surface area contributed by atoms with Crippen LogP contribution in [-0.2, 0) is 4.79 Å². The van der Waals surface area contributed by atoms with Gasteiger partial charge in [0, 0.05) is 6.04 Å². The predicted octanol–water partition coefficient (Wildman–Crippen LogP) is -0.793. The topological polar surface area (TPSA) is 66.2 Å². The molecule has 0 aliphatic rings. The van der Waals surface area contributed by atoms with Gasteiger partial charge in [0.1, 0.15) is 0 Å². The van der Waals surface area contributed by atoms with Crippen molar-refractivity contribution in [2.45, 2.75) is 18.9 Å². The number of carbonyl (C=O) groups excluding carboxylic acids is 1. The fourth-order valence-corrected chi connectivity index (χ4v) is 1.02. The lowest BCUT2D eigenvalue weighted by Gasteiger charge is -2.10. The molecule has 0 aromatic heterocycles. The van der Waals surface area contributed by atoms with Gasteiger partial charge in [0.15, 0.2) is 0 Å². The lowest BCUT2D eigenvalue weighted by atomic mass is 10.2. The average molecular weight is 162 g/mol. The van der Waals surface area contributed by atoms with E-state index in [0.717, 1.165) is 12.2 Å². The normalized spacial score (nSPS) is 13.0. The van der Waals surface area contributed by atoms with Crippen LogP contribution in [0.15, 0.2) is 0 Å². The smallest absolute Gasteiger partial charge is 0.0582 e. The average Bonchev–Trinajstić information content (AvgIpc) is 1.88. The minimum absolute atomic E-state index is 0.517. The Labute approximate surface area is 65.0 Å². The molecule has 0 bridgehead atoms. The maximum absolute atomic E-state index is 10.1. The Balaban J connectivity index is 3.21. The predicted molar refractivity (Wildman–Crippen MR) is 40.6 cm³/mol. The molecule has 0 saturated heterocycles. The van der Waals surface area contributed by atoms with Gasteiger partial charge in [-0.2, -0.15) is 11.8 Å². The summed E-state index contributed by atoms with van der Waals surface area (Å²) >= 11 is 1.69. The summed E-state index contributed by atoms with van der Waals surface area (Å²) in [4.78, 5) is 10.1.